The Hall–Kier alpha value is -3.58. The van der Waals surface area contributed by atoms with Gasteiger partial charge in [-0.05, 0) is 41.0 Å². The number of pyridine rings is 1. The average Bonchev–Trinajstić information content (AvgIpc) is 2.79. The number of ether oxygens (including phenoxy) is 1. The molecule has 170 valence electrons. The fraction of sp³-hybridized carbons (Fsp3) is 0.160. The van der Waals surface area contributed by atoms with Gasteiger partial charge in [0.15, 0.2) is 0 Å². The molecule has 0 fully saturated rings. The van der Waals surface area contributed by atoms with Crippen molar-refractivity contribution in [2.24, 2.45) is 0 Å². The Morgan fingerprint density at radius 3 is 2.42 bits per heavy atom. The zero-order chi connectivity index (χ0) is 24.0. The summed E-state index contributed by atoms with van der Waals surface area (Å²) in [7, 11) is 1.24. The minimum absolute atomic E-state index is 0.0148. The molecular formula is C25H21ClF2N2O3. The summed E-state index contributed by atoms with van der Waals surface area (Å²) >= 11 is 6.45. The first-order valence-corrected chi connectivity index (χ1v) is 10.3. The van der Waals surface area contributed by atoms with Gasteiger partial charge in [0, 0.05) is 35.6 Å². The van der Waals surface area contributed by atoms with Crippen LogP contribution in [0, 0.1) is 11.6 Å². The van der Waals surface area contributed by atoms with Crippen molar-refractivity contribution in [1.29, 1.82) is 0 Å². The monoisotopic (exact) mass is 470 g/mol. The van der Waals surface area contributed by atoms with Crippen LogP contribution in [-0.2, 0) is 16.1 Å². The second kappa shape index (κ2) is 10.8. The Balaban J connectivity index is 2.15. The maximum Gasteiger partial charge on any atom is 0.309 e. The number of rotatable bonds is 8. The molecule has 0 aliphatic rings. The molecule has 1 heterocycles. The van der Waals surface area contributed by atoms with E-state index in [-0.39, 0.29) is 18.5 Å². The average molecular weight is 471 g/mol. The lowest BCUT2D eigenvalue weighted by molar-refractivity contribution is -0.139. The van der Waals surface area contributed by atoms with E-state index in [1.165, 1.54) is 12.0 Å². The van der Waals surface area contributed by atoms with E-state index in [1.807, 2.05) is 0 Å². The van der Waals surface area contributed by atoms with Crippen molar-refractivity contribution in [3.8, 4) is 0 Å². The molecule has 3 rings (SSSR count). The summed E-state index contributed by atoms with van der Waals surface area (Å²) in [4.78, 5) is 31.1. The Kier molecular flexibility index (Phi) is 7.90. The van der Waals surface area contributed by atoms with E-state index < -0.39 is 29.6 Å². The van der Waals surface area contributed by atoms with Gasteiger partial charge in [-0.25, -0.2) is 8.78 Å². The molecule has 2 aromatic carbocycles. The van der Waals surface area contributed by atoms with Gasteiger partial charge in [0.05, 0.1) is 19.6 Å². The van der Waals surface area contributed by atoms with Gasteiger partial charge in [-0.1, -0.05) is 42.4 Å². The summed E-state index contributed by atoms with van der Waals surface area (Å²) in [5.41, 5.74) is 1.29. The molecular weight excluding hydrogens is 450 g/mol. The first-order chi connectivity index (χ1) is 15.8. The lowest BCUT2D eigenvalue weighted by Gasteiger charge is -2.34. The third-order valence-corrected chi connectivity index (χ3v) is 5.29. The highest BCUT2D eigenvalue weighted by molar-refractivity contribution is 6.31. The largest absolute Gasteiger partial charge is 0.469 e. The molecule has 33 heavy (non-hydrogen) atoms. The lowest BCUT2D eigenvalue weighted by atomic mass is 9.94. The number of benzene rings is 2. The highest BCUT2D eigenvalue weighted by atomic mass is 35.5. The molecule has 1 atom stereocenters. The van der Waals surface area contributed by atoms with Gasteiger partial charge >= 0.3 is 5.97 Å². The Labute approximate surface area is 195 Å². The van der Waals surface area contributed by atoms with Gasteiger partial charge in [-0.15, -0.1) is 0 Å². The summed E-state index contributed by atoms with van der Waals surface area (Å²) in [6.07, 6.45) is 2.96. The van der Waals surface area contributed by atoms with Gasteiger partial charge < -0.3 is 9.64 Å². The number of aromatic nitrogens is 1. The molecule has 0 saturated heterocycles. The summed E-state index contributed by atoms with van der Waals surface area (Å²) in [6, 6.07) is 12.0. The highest BCUT2D eigenvalue weighted by Gasteiger charge is 2.31. The van der Waals surface area contributed by atoms with Crippen molar-refractivity contribution < 1.29 is 23.1 Å². The minimum Gasteiger partial charge on any atom is -0.469 e. The number of esters is 1. The summed E-state index contributed by atoms with van der Waals surface area (Å²) in [6.45, 7) is 4.03. The van der Waals surface area contributed by atoms with Crippen molar-refractivity contribution in [3.63, 3.8) is 0 Å². The SMILES string of the molecule is C=C(CC(=O)OC)[C@@H](c1ccccc1Cl)N(Cc1cccnc1)C(=O)c1cc(F)cc(F)c1. The number of carbonyl (C=O) groups is 2. The second-order valence-corrected chi connectivity index (χ2v) is 7.69. The lowest BCUT2D eigenvalue weighted by Crippen LogP contribution is -2.36. The molecule has 8 heteroatoms. The van der Waals surface area contributed by atoms with E-state index in [9.17, 15) is 18.4 Å². The second-order valence-electron chi connectivity index (χ2n) is 7.29. The smallest absolute Gasteiger partial charge is 0.309 e. The number of halogens is 3. The van der Waals surface area contributed by atoms with Crippen molar-refractivity contribution in [1.82, 2.24) is 9.88 Å². The number of methoxy groups -OCH3 is 1. The van der Waals surface area contributed by atoms with E-state index >= 15 is 0 Å². The maximum absolute atomic E-state index is 13.9. The zero-order valence-electron chi connectivity index (χ0n) is 17.8. The van der Waals surface area contributed by atoms with Crippen LogP contribution >= 0.6 is 11.6 Å². The van der Waals surface area contributed by atoms with Crippen LogP contribution in [0.3, 0.4) is 0 Å². The van der Waals surface area contributed by atoms with Crippen molar-refractivity contribution in [3.05, 3.63) is 112 Å². The van der Waals surface area contributed by atoms with Crippen LogP contribution < -0.4 is 0 Å². The van der Waals surface area contributed by atoms with Gasteiger partial charge in [-0.3, -0.25) is 14.6 Å². The number of carbonyl (C=O) groups excluding carboxylic acids is 2. The first-order valence-electron chi connectivity index (χ1n) is 9.95. The molecule has 0 radical (unpaired) electrons. The third-order valence-electron chi connectivity index (χ3n) is 4.94. The molecule has 0 unspecified atom stereocenters. The molecule has 5 nitrogen and oxygen atoms in total. The van der Waals surface area contributed by atoms with E-state index in [0.717, 1.165) is 12.1 Å². The minimum atomic E-state index is -0.892. The van der Waals surface area contributed by atoms with Gasteiger partial charge in [-0.2, -0.15) is 0 Å². The molecule has 1 amide bonds. The van der Waals surface area contributed by atoms with E-state index in [2.05, 4.69) is 11.6 Å². The predicted molar refractivity (Wildman–Crippen MR) is 120 cm³/mol. The van der Waals surface area contributed by atoms with Crippen molar-refractivity contribution in [2.75, 3.05) is 7.11 Å². The quantitative estimate of drug-likeness (QED) is 0.321. The number of amides is 1. The molecule has 0 N–H and O–H groups in total. The maximum atomic E-state index is 13.9. The Morgan fingerprint density at radius 1 is 1.12 bits per heavy atom. The van der Waals surface area contributed by atoms with E-state index in [4.69, 9.17) is 16.3 Å². The van der Waals surface area contributed by atoms with Crippen LogP contribution in [0.4, 0.5) is 8.78 Å². The van der Waals surface area contributed by atoms with Crippen LogP contribution in [0.1, 0.15) is 33.9 Å². The molecule has 0 aliphatic heterocycles. The standard InChI is InChI=1S/C25H21ClF2N2O3/c1-16(10-23(31)33-2)24(21-7-3-4-8-22(21)26)30(15-17-6-5-9-29-14-17)25(32)18-11-19(27)13-20(28)12-18/h3-9,11-14,24H,1,10,15H2,2H3/t24-/m0/s1. The molecule has 0 saturated carbocycles. The van der Waals surface area contributed by atoms with Crippen LogP contribution in [0.5, 0.6) is 0 Å². The van der Waals surface area contributed by atoms with E-state index in [0.29, 0.717) is 27.8 Å². The molecule has 1 aromatic heterocycles. The number of hydrogen-bond donors (Lipinski definition) is 0. The van der Waals surface area contributed by atoms with Crippen LogP contribution in [0.15, 0.2) is 79.1 Å². The van der Waals surface area contributed by atoms with Crippen LogP contribution in [0.25, 0.3) is 0 Å². The van der Waals surface area contributed by atoms with Crippen LogP contribution in [0.2, 0.25) is 5.02 Å². The predicted octanol–water partition coefficient (Wildman–Crippen LogP) is 5.52. The van der Waals surface area contributed by atoms with Gasteiger partial charge in [0.25, 0.3) is 5.91 Å². The normalized spacial score (nSPS) is 11.5. The molecule has 0 spiro atoms. The first kappa shape index (κ1) is 24.1. The zero-order valence-corrected chi connectivity index (χ0v) is 18.6. The van der Waals surface area contributed by atoms with Gasteiger partial charge in [0.1, 0.15) is 11.6 Å². The van der Waals surface area contributed by atoms with Gasteiger partial charge in [0.2, 0.25) is 0 Å². The Bertz CT molecular complexity index is 1150. The topological polar surface area (TPSA) is 59.5 Å². The van der Waals surface area contributed by atoms with Crippen molar-refractivity contribution >= 4 is 23.5 Å². The number of nitrogens with zero attached hydrogens (tertiary/aromatic N) is 2. The van der Waals surface area contributed by atoms with Crippen molar-refractivity contribution in [2.45, 2.75) is 19.0 Å². The number of hydrogen-bond acceptors (Lipinski definition) is 4. The fourth-order valence-corrected chi connectivity index (χ4v) is 3.71. The summed E-state index contributed by atoms with van der Waals surface area (Å²) in [5.74, 6) is -3.00. The summed E-state index contributed by atoms with van der Waals surface area (Å²) < 4.78 is 32.6. The summed E-state index contributed by atoms with van der Waals surface area (Å²) in [5, 5.41) is 0.336. The molecule has 3 aromatic rings. The molecule has 0 bridgehead atoms. The third kappa shape index (κ3) is 6.02. The van der Waals surface area contributed by atoms with Crippen LogP contribution in [-0.4, -0.2) is 28.9 Å². The highest BCUT2D eigenvalue weighted by Crippen LogP contribution is 2.36. The Morgan fingerprint density at radius 2 is 1.82 bits per heavy atom. The fourth-order valence-electron chi connectivity index (χ4n) is 3.47. The molecule has 0 aliphatic carbocycles. The van der Waals surface area contributed by atoms with E-state index in [1.54, 1.807) is 48.8 Å².